The number of benzene rings is 1. The molecule has 1 N–H and O–H groups in total. The molecular weight excluding hydrogens is 208 g/mol. The van der Waals surface area contributed by atoms with E-state index in [-0.39, 0.29) is 6.79 Å². The maximum Gasteiger partial charge on any atom is 0.245 e. The normalized spacial score (nSPS) is 13.5. The lowest BCUT2D eigenvalue weighted by Gasteiger charge is -1.96. The first-order valence-electron chi connectivity index (χ1n) is 4.71. The number of nitrogens with one attached hydrogen (secondary N) is 1. The highest BCUT2D eigenvalue weighted by Crippen LogP contribution is 2.32. The Kier molecular flexibility index (Phi) is 2.03. The van der Waals surface area contributed by atoms with Crippen LogP contribution < -0.4 is 9.47 Å². The Morgan fingerprint density at radius 1 is 1.31 bits per heavy atom. The largest absolute Gasteiger partial charge is 0.454 e. The van der Waals surface area contributed by atoms with Gasteiger partial charge in [-0.05, 0) is 23.8 Å². The van der Waals surface area contributed by atoms with E-state index in [1.165, 1.54) is 6.33 Å². The fraction of sp³-hybridized carbons (Fsp3) is 0.100. The van der Waals surface area contributed by atoms with Gasteiger partial charge >= 0.3 is 0 Å². The van der Waals surface area contributed by atoms with Crippen molar-refractivity contribution in [1.82, 2.24) is 15.2 Å². The van der Waals surface area contributed by atoms with Crippen molar-refractivity contribution < 1.29 is 9.47 Å². The second-order valence-corrected chi connectivity index (χ2v) is 3.18. The number of rotatable bonds is 2. The van der Waals surface area contributed by atoms with Crippen molar-refractivity contribution in [2.75, 3.05) is 6.79 Å². The lowest BCUT2D eigenvalue weighted by Crippen LogP contribution is -1.92. The summed E-state index contributed by atoms with van der Waals surface area (Å²) in [6.07, 6.45) is 3.09. The number of nitrogens with zero attached hydrogens (tertiary/aromatic N) is 3. The zero-order valence-electron chi connectivity index (χ0n) is 8.25. The molecule has 0 aliphatic carbocycles. The third-order valence-electron chi connectivity index (χ3n) is 2.13. The Labute approximate surface area is 91.0 Å². The molecule has 3 rings (SSSR count). The zero-order chi connectivity index (χ0) is 10.8. The minimum Gasteiger partial charge on any atom is -0.454 e. The van der Waals surface area contributed by atoms with Gasteiger partial charge in [-0.1, -0.05) is 0 Å². The highest BCUT2D eigenvalue weighted by atomic mass is 16.7. The van der Waals surface area contributed by atoms with Crippen molar-refractivity contribution in [3.05, 3.63) is 30.1 Å². The van der Waals surface area contributed by atoms with Crippen molar-refractivity contribution in [1.29, 1.82) is 0 Å². The van der Waals surface area contributed by atoms with Gasteiger partial charge < -0.3 is 9.47 Å². The summed E-state index contributed by atoms with van der Waals surface area (Å²) in [6.45, 7) is 0.276. The molecule has 0 radical (unpaired) electrons. The molecule has 2 heterocycles. The van der Waals surface area contributed by atoms with Gasteiger partial charge in [0.05, 0.1) is 0 Å². The number of aliphatic imine (C=N–C) groups is 1. The summed E-state index contributed by atoms with van der Waals surface area (Å²) in [5.74, 6) is 1.97. The minimum atomic E-state index is 0.276. The Hall–Kier alpha value is -2.37. The molecule has 0 fully saturated rings. The number of ether oxygens (including phenoxy) is 2. The molecule has 6 nitrogen and oxygen atoms in total. The van der Waals surface area contributed by atoms with Crippen molar-refractivity contribution >= 4 is 12.2 Å². The quantitative estimate of drug-likeness (QED) is 0.767. The molecule has 6 heteroatoms. The van der Waals surface area contributed by atoms with Crippen LogP contribution in [0.4, 0.5) is 5.95 Å². The maximum atomic E-state index is 5.26. The highest BCUT2D eigenvalue weighted by Gasteiger charge is 2.12. The van der Waals surface area contributed by atoms with E-state index < -0.39 is 0 Å². The van der Waals surface area contributed by atoms with Crippen LogP contribution in [-0.2, 0) is 0 Å². The fourth-order valence-electron chi connectivity index (χ4n) is 1.39. The van der Waals surface area contributed by atoms with Crippen LogP contribution in [0, 0.1) is 0 Å². The summed E-state index contributed by atoms with van der Waals surface area (Å²) in [4.78, 5) is 7.99. The first-order valence-corrected chi connectivity index (χ1v) is 4.71. The second kappa shape index (κ2) is 3.65. The summed E-state index contributed by atoms with van der Waals surface area (Å²) in [7, 11) is 0. The molecule has 0 unspecified atom stereocenters. The topological polar surface area (TPSA) is 72.4 Å². The predicted molar refractivity (Wildman–Crippen MR) is 56.2 cm³/mol. The number of hydrogen-bond acceptors (Lipinski definition) is 5. The average molecular weight is 216 g/mol. The molecule has 0 saturated heterocycles. The summed E-state index contributed by atoms with van der Waals surface area (Å²) in [5.41, 5.74) is 0.917. The van der Waals surface area contributed by atoms with Gasteiger partial charge in [0.25, 0.3) is 0 Å². The average Bonchev–Trinajstić information content (AvgIpc) is 2.97. The molecule has 0 atom stereocenters. The molecule has 16 heavy (non-hydrogen) atoms. The highest BCUT2D eigenvalue weighted by molar-refractivity contribution is 5.82. The van der Waals surface area contributed by atoms with E-state index in [1.807, 2.05) is 18.2 Å². The molecule has 1 aromatic heterocycles. The predicted octanol–water partition coefficient (Wildman–Crippen LogP) is 1.28. The van der Waals surface area contributed by atoms with Crippen LogP contribution in [-0.4, -0.2) is 28.2 Å². The van der Waals surface area contributed by atoms with Gasteiger partial charge in [-0.15, -0.1) is 0 Å². The zero-order valence-corrected chi connectivity index (χ0v) is 8.25. The third kappa shape index (κ3) is 1.60. The lowest BCUT2D eigenvalue weighted by atomic mass is 10.2. The van der Waals surface area contributed by atoms with Gasteiger partial charge in [0.15, 0.2) is 11.5 Å². The lowest BCUT2D eigenvalue weighted by molar-refractivity contribution is 0.174. The van der Waals surface area contributed by atoms with E-state index in [9.17, 15) is 0 Å². The van der Waals surface area contributed by atoms with Crippen LogP contribution in [0.1, 0.15) is 5.56 Å². The second-order valence-electron chi connectivity index (χ2n) is 3.18. The van der Waals surface area contributed by atoms with Crippen LogP contribution in [0.15, 0.2) is 29.5 Å². The van der Waals surface area contributed by atoms with Crippen LogP contribution >= 0.6 is 0 Å². The number of H-pyrrole nitrogens is 1. The molecule has 0 saturated carbocycles. The number of aromatic amines is 1. The molecule has 2 aromatic rings. The number of fused-ring (bicyclic) bond motifs is 1. The molecule has 1 aliphatic heterocycles. The molecule has 0 spiro atoms. The van der Waals surface area contributed by atoms with Crippen molar-refractivity contribution in [3.63, 3.8) is 0 Å². The van der Waals surface area contributed by atoms with Gasteiger partial charge in [0.2, 0.25) is 12.7 Å². The maximum absolute atomic E-state index is 5.26. The minimum absolute atomic E-state index is 0.276. The summed E-state index contributed by atoms with van der Waals surface area (Å²) in [6, 6.07) is 5.61. The molecule has 0 bridgehead atoms. The SMILES string of the molecule is C(=N/c1ncn[nH]1)/c1ccc2c(c1)OCO2. The third-order valence-corrected chi connectivity index (χ3v) is 2.13. The van der Waals surface area contributed by atoms with Gasteiger partial charge in [-0.2, -0.15) is 10.1 Å². The van der Waals surface area contributed by atoms with Crippen LogP contribution in [0.2, 0.25) is 0 Å². The summed E-state index contributed by atoms with van der Waals surface area (Å²) in [5, 5.41) is 6.34. The standard InChI is InChI=1S/C10H8N4O2/c1-2-8-9(16-6-15-8)3-7(1)4-11-10-12-5-13-14-10/h1-5H,6H2,(H,12,13,14)/b11-4-. The Balaban J connectivity index is 1.85. The molecular formula is C10H8N4O2. The number of hydrogen-bond donors (Lipinski definition) is 1. The number of aromatic nitrogens is 3. The Morgan fingerprint density at radius 3 is 3.12 bits per heavy atom. The van der Waals surface area contributed by atoms with Gasteiger partial charge in [0.1, 0.15) is 6.33 Å². The van der Waals surface area contributed by atoms with Crippen molar-refractivity contribution in [2.45, 2.75) is 0 Å². The molecule has 1 aromatic carbocycles. The molecule has 0 amide bonds. The van der Waals surface area contributed by atoms with E-state index in [0.717, 1.165) is 17.1 Å². The first-order chi connectivity index (χ1) is 7.92. The Morgan fingerprint density at radius 2 is 2.25 bits per heavy atom. The van der Waals surface area contributed by atoms with Gasteiger partial charge in [0, 0.05) is 6.21 Å². The Bertz CT molecular complexity index is 522. The van der Waals surface area contributed by atoms with E-state index in [0.29, 0.717) is 5.95 Å². The fourth-order valence-corrected chi connectivity index (χ4v) is 1.39. The van der Waals surface area contributed by atoms with E-state index in [4.69, 9.17) is 9.47 Å². The van der Waals surface area contributed by atoms with E-state index >= 15 is 0 Å². The molecule has 80 valence electrons. The van der Waals surface area contributed by atoms with Crippen LogP contribution in [0.5, 0.6) is 11.5 Å². The van der Waals surface area contributed by atoms with Crippen LogP contribution in [0.3, 0.4) is 0 Å². The van der Waals surface area contributed by atoms with Gasteiger partial charge in [-0.25, -0.2) is 10.1 Å². The monoisotopic (exact) mass is 216 g/mol. The smallest absolute Gasteiger partial charge is 0.245 e. The summed E-state index contributed by atoms with van der Waals surface area (Å²) >= 11 is 0. The van der Waals surface area contributed by atoms with Crippen molar-refractivity contribution in [3.8, 4) is 11.5 Å². The van der Waals surface area contributed by atoms with Crippen LogP contribution in [0.25, 0.3) is 0 Å². The van der Waals surface area contributed by atoms with Gasteiger partial charge in [-0.3, -0.25) is 0 Å². The van der Waals surface area contributed by atoms with E-state index in [1.54, 1.807) is 6.21 Å². The molecule has 1 aliphatic rings. The van der Waals surface area contributed by atoms with E-state index in [2.05, 4.69) is 20.2 Å². The van der Waals surface area contributed by atoms with Crippen molar-refractivity contribution in [2.24, 2.45) is 4.99 Å². The summed E-state index contributed by atoms with van der Waals surface area (Å²) < 4.78 is 10.5. The first kappa shape index (κ1) is 8.90.